The largest absolute Gasteiger partial charge is 0.278 e. The van der Waals surface area contributed by atoms with Crippen molar-refractivity contribution in [3.05, 3.63) is 11.8 Å². The fraction of sp³-hybridized carbons (Fsp3) is 0.571. The summed E-state index contributed by atoms with van der Waals surface area (Å²) in [5, 5.41) is 4.17. The minimum Gasteiger partial charge on any atom is -0.256 e. The molecule has 0 aromatic carbocycles. The van der Waals surface area contributed by atoms with Crippen LogP contribution in [0.4, 0.5) is 0 Å². The minimum atomic E-state index is -3.65. The molecular weight excluding hydrogens is 212 g/mol. The minimum absolute atomic E-state index is 0.0797. The van der Waals surface area contributed by atoms with Crippen molar-refractivity contribution in [2.45, 2.75) is 23.8 Å². The Morgan fingerprint density at radius 3 is 2.62 bits per heavy atom. The van der Waals surface area contributed by atoms with E-state index in [-0.39, 0.29) is 5.03 Å². The molecule has 0 atom stereocenters. The van der Waals surface area contributed by atoms with Crippen LogP contribution in [-0.2, 0) is 16.1 Å². The van der Waals surface area contributed by atoms with Crippen molar-refractivity contribution in [2.24, 2.45) is 7.05 Å². The summed E-state index contributed by atoms with van der Waals surface area (Å²) in [5.74, 6) is 0.443. The lowest BCUT2D eigenvalue weighted by Gasteiger charge is -1.93. The second-order valence-electron chi connectivity index (χ2n) is 3.24. The van der Waals surface area contributed by atoms with Crippen molar-refractivity contribution in [3.63, 3.8) is 0 Å². The van der Waals surface area contributed by atoms with Gasteiger partial charge in [0.2, 0.25) is 0 Å². The van der Waals surface area contributed by atoms with E-state index in [0.717, 1.165) is 18.5 Å². The van der Waals surface area contributed by atoms with Crippen molar-refractivity contribution in [3.8, 4) is 0 Å². The molecule has 6 heteroatoms. The number of aromatic nitrogens is 2. The highest BCUT2D eigenvalue weighted by atomic mass is 35.7. The fourth-order valence-corrected chi connectivity index (χ4v) is 2.33. The number of hydrogen-bond donors (Lipinski definition) is 0. The van der Waals surface area contributed by atoms with Crippen LogP contribution in [0.3, 0.4) is 0 Å². The first-order valence-electron chi connectivity index (χ1n) is 3.97. The topological polar surface area (TPSA) is 52.0 Å². The van der Waals surface area contributed by atoms with Crippen molar-refractivity contribution in [1.82, 2.24) is 9.78 Å². The number of hydrogen-bond acceptors (Lipinski definition) is 3. The van der Waals surface area contributed by atoms with Crippen molar-refractivity contribution >= 4 is 19.7 Å². The van der Waals surface area contributed by atoms with Gasteiger partial charge in [-0.2, -0.15) is 5.10 Å². The van der Waals surface area contributed by atoms with Crippen LogP contribution in [0.25, 0.3) is 0 Å². The molecule has 1 aliphatic rings. The molecule has 0 bridgehead atoms. The van der Waals surface area contributed by atoms with Crippen molar-refractivity contribution in [2.75, 3.05) is 0 Å². The molecule has 1 heterocycles. The molecule has 0 radical (unpaired) electrons. The van der Waals surface area contributed by atoms with Crippen LogP contribution >= 0.6 is 10.7 Å². The molecule has 0 N–H and O–H groups in total. The second-order valence-corrected chi connectivity index (χ2v) is 5.76. The Kier molecular flexibility index (Phi) is 1.89. The number of rotatable bonds is 2. The maximum atomic E-state index is 11.0. The molecule has 4 nitrogen and oxygen atoms in total. The van der Waals surface area contributed by atoms with E-state index in [1.807, 2.05) is 0 Å². The first kappa shape index (κ1) is 9.02. The van der Waals surface area contributed by atoms with Gasteiger partial charge >= 0.3 is 0 Å². The first-order chi connectivity index (χ1) is 5.98. The SMILES string of the molecule is Cn1nc(C2CC2)cc1S(=O)(=O)Cl. The maximum Gasteiger partial charge on any atom is 0.278 e. The first-order valence-corrected chi connectivity index (χ1v) is 6.28. The number of nitrogens with zero attached hydrogens (tertiary/aromatic N) is 2. The van der Waals surface area contributed by atoms with Gasteiger partial charge in [0.25, 0.3) is 9.05 Å². The quantitative estimate of drug-likeness (QED) is 0.705. The zero-order valence-corrected chi connectivity index (χ0v) is 8.64. The number of halogens is 1. The van der Waals surface area contributed by atoms with E-state index in [9.17, 15) is 8.42 Å². The molecule has 0 saturated heterocycles. The fourth-order valence-electron chi connectivity index (χ4n) is 1.28. The second kappa shape index (κ2) is 2.72. The van der Waals surface area contributed by atoms with Gasteiger partial charge in [-0.1, -0.05) is 0 Å². The zero-order chi connectivity index (χ0) is 9.64. The average molecular weight is 221 g/mol. The molecule has 0 unspecified atom stereocenters. The molecular formula is C7H9ClN2O2S. The summed E-state index contributed by atoms with van der Waals surface area (Å²) in [6, 6.07) is 1.56. The molecule has 72 valence electrons. The molecule has 0 amide bonds. The van der Waals surface area contributed by atoms with Crippen LogP contribution in [0.15, 0.2) is 11.1 Å². The van der Waals surface area contributed by atoms with Crippen molar-refractivity contribution < 1.29 is 8.42 Å². The molecule has 1 aliphatic carbocycles. The highest BCUT2D eigenvalue weighted by Crippen LogP contribution is 2.39. The van der Waals surface area contributed by atoms with Crippen LogP contribution in [0.2, 0.25) is 0 Å². The van der Waals surface area contributed by atoms with Gasteiger partial charge in [-0.15, -0.1) is 0 Å². The van der Waals surface area contributed by atoms with E-state index in [2.05, 4.69) is 5.10 Å². The average Bonchev–Trinajstić information content (AvgIpc) is 2.73. The Morgan fingerprint density at radius 2 is 2.23 bits per heavy atom. The monoisotopic (exact) mass is 220 g/mol. The van der Waals surface area contributed by atoms with Gasteiger partial charge in [0.1, 0.15) is 0 Å². The van der Waals surface area contributed by atoms with Gasteiger partial charge in [0, 0.05) is 23.6 Å². The van der Waals surface area contributed by atoms with Gasteiger partial charge < -0.3 is 0 Å². The standard InChI is InChI=1S/C7H9ClN2O2S/c1-10-7(13(8,11)12)4-6(9-10)5-2-3-5/h4-5H,2-3H2,1H3. The Balaban J connectivity index is 2.47. The summed E-state index contributed by atoms with van der Waals surface area (Å²) in [6.45, 7) is 0. The molecule has 0 aliphatic heterocycles. The molecule has 13 heavy (non-hydrogen) atoms. The van der Waals surface area contributed by atoms with Gasteiger partial charge in [-0.05, 0) is 18.9 Å². The lowest BCUT2D eigenvalue weighted by Crippen LogP contribution is -2.00. The van der Waals surface area contributed by atoms with E-state index < -0.39 is 9.05 Å². The zero-order valence-electron chi connectivity index (χ0n) is 7.07. The van der Waals surface area contributed by atoms with Crippen LogP contribution in [0.1, 0.15) is 24.5 Å². The van der Waals surface area contributed by atoms with E-state index in [0.29, 0.717) is 5.92 Å². The lowest BCUT2D eigenvalue weighted by molar-refractivity contribution is 0.589. The van der Waals surface area contributed by atoms with E-state index in [4.69, 9.17) is 10.7 Å². The molecule has 1 fully saturated rings. The Labute approximate surface area is 80.9 Å². The summed E-state index contributed by atoms with van der Waals surface area (Å²) in [6.07, 6.45) is 2.19. The third-order valence-electron chi connectivity index (χ3n) is 2.10. The van der Waals surface area contributed by atoms with Crippen molar-refractivity contribution in [1.29, 1.82) is 0 Å². The molecule has 1 saturated carbocycles. The van der Waals surface area contributed by atoms with E-state index in [1.165, 1.54) is 4.68 Å². The summed E-state index contributed by atoms with van der Waals surface area (Å²) in [4.78, 5) is 0. The van der Waals surface area contributed by atoms with Crippen LogP contribution in [0, 0.1) is 0 Å². The Bertz CT molecular complexity index is 433. The molecule has 1 aromatic rings. The third kappa shape index (κ3) is 1.71. The maximum absolute atomic E-state index is 11.0. The van der Waals surface area contributed by atoms with Gasteiger partial charge in [-0.25, -0.2) is 8.42 Å². The normalized spacial score (nSPS) is 17.7. The molecule has 1 aromatic heterocycles. The third-order valence-corrected chi connectivity index (χ3v) is 3.46. The number of aryl methyl sites for hydroxylation is 1. The van der Waals surface area contributed by atoms with Gasteiger partial charge in [-0.3, -0.25) is 4.68 Å². The lowest BCUT2D eigenvalue weighted by atomic mass is 10.3. The van der Waals surface area contributed by atoms with Crippen LogP contribution < -0.4 is 0 Å². The van der Waals surface area contributed by atoms with E-state index in [1.54, 1.807) is 13.1 Å². The summed E-state index contributed by atoms with van der Waals surface area (Å²) >= 11 is 0. The molecule has 0 spiro atoms. The van der Waals surface area contributed by atoms with Gasteiger partial charge in [0.15, 0.2) is 5.03 Å². The Hall–Kier alpha value is -0.550. The van der Waals surface area contributed by atoms with Crippen LogP contribution in [0.5, 0.6) is 0 Å². The predicted molar refractivity (Wildman–Crippen MR) is 48.2 cm³/mol. The van der Waals surface area contributed by atoms with Gasteiger partial charge in [0.05, 0.1) is 5.69 Å². The highest BCUT2D eigenvalue weighted by Gasteiger charge is 2.28. The smallest absolute Gasteiger partial charge is 0.256 e. The van der Waals surface area contributed by atoms with Crippen LogP contribution in [-0.4, -0.2) is 18.2 Å². The summed E-state index contributed by atoms with van der Waals surface area (Å²) in [5.41, 5.74) is 0.835. The summed E-state index contributed by atoms with van der Waals surface area (Å²) in [7, 11) is 3.15. The predicted octanol–water partition coefficient (Wildman–Crippen LogP) is 1.22. The summed E-state index contributed by atoms with van der Waals surface area (Å²) < 4.78 is 23.3. The van der Waals surface area contributed by atoms with E-state index >= 15 is 0 Å². The Morgan fingerprint density at radius 1 is 1.62 bits per heavy atom. The molecule has 2 rings (SSSR count). The highest BCUT2D eigenvalue weighted by molar-refractivity contribution is 8.13.